The van der Waals surface area contributed by atoms with Crippen LogP contribution in [-0.2, 0) is 20.0 Å². The van der Waals surface area contributed by atoms with Crippen molar-refractivity contribution in [2.75, 3.05) is 39.1 Å². The van der Waals surface area contributed by atoms with Gasteiger partial charge in [0, 0.05) is 12.7 Å². The second-order valence-corrected chi connectivity index (χ2v) is 8.27. The maximum atomic E-state index is 12.4. The van der Waals surface area contributed by atoms with Crippen LogP contribution in [0, 0.1) is 0 Å². The Morgan fingerprint density at radius 2 is 1.93 bits per heavy atom. The van der Waals surface area contributed by atoms with E-state index in [1.807, 2.05) is 20.0 Å². The van der Waals surface area contributed by atoms with Gasteiger partial charge in [-0.15, -0.1) is 0 Å². The molecule has 0 spiro atoms. The Balaban J connectivity index is 1.85. The lowest BCUT2D eigenvalue weighted by atomic mass is 10.2. The highest BCUT2D eigenvalue weighted by Crippen LogP contribution is 2.47. The largest absolute Gasteiger partial charge is 0.476 e. The molecule has 2 aromatic rings. The number of nitrogens with zero attached hydrogens (tertiary/aromatic N) is 2. The monoisotopic (exact) mass is 398 g/mol. The Hall–Kier alpha value is -1.47. The van der Waals surface area contributed by atoms with Crippen LogP contribution >= 0.6 is 7.60 Å². The minimum absolute atomic E-state index is 0.361. The van der Waals surface area contributed by atoms with Gasteiger partial charge in [-0.05, 0) is 38.8 Å². The summed E-state index contributed by atoms with van der Waals surface area (Å²) < 4.78 is 28.7. The predicted molar refractivity (Wildman–Crippen MR) is 107 cm³/mol. The van der Waals surface area contributed by atoms with E-state index in [2.05, 4.69) is 27.2 Å². The first-order chi connectivity index (χ1) is 13.1. The van der Waals surface area contributed by atoms with Crippen LogP contribution in [0.5, 0.6) is 5.88 Å². The minimum Gasteiger partial charge on any atom is -0.476 e. The number of rotatable bonds is 14. The van der Waals surface area contributed by atoms with Gasteiger partial charge >= 0.3 is 7.60 Å². The van der Waals surface area contributed by atoms with E-state index in [4.69, 9.17) is 13.8 Å². The molecule has 0 fully saturated rings. The molecule has 0 saturated carbocycles. The van der Waals surface area contributed by atoms with Crippen LogP contribution in [0.25, 0.3) is 11.0 Å². The molecular formula is C18H31N4O4P. The molecule has 0 aromatic carbocycles. The summed E-state index contributed by atoms with van der Waals surface area (Å²) in [7, 11) is -2.98. The lowest BCUT2D eigenvalue weighted by Gasteiger charge is -2.17. The van der Waals surface area contributed by atoms with Gasteiger partial charge in [-0.25, -0.2) is 4.98 Å². The van der Waals surface area contributed by atoms with E-state index in [-0.39, 0.29) is 0 Å². The first-order valence-corrected chi connectivity index (χ1v) is 11.4. The number of hydrogen-bond donors (Lipinski definition) is 2. The standard InChI is InChI=1S/C18H31N4O4P/c1-4-7-11-24-18-17-16(21-14-22-18)15(13-20-17)8-9-19-10-12-27(23,25-5-2)26-6-3/h13-14,19-20H,4-12H2,1-3H3. The highest BCUT2D eigenvalue weighted by atomic mass is 31.2. The van der Waals surface area contributed by atoms with Crippen molar-refractivity contribution in [3.63, 3.8) is 0 Å². The quantitative estimate of drug-likeness (QED) is 0.371. The van der Waals surface area contributed by atoms with Crippen LogP contribution in [0.15, 0.2) is 12.5 Å². The van der Waals surface area contributed by atoms with Crippen molar-refractivity contribution >= 4 is 18.6 Å². The van der Waals surface area contributed by atoms with Crippen molar-refractivity contribution in [2.45, 2.75) is 40.0 Å². The van der Waals surface area contributed by atoms with Crippen molar-refractivity contribution in [2.24, 2.45) is 0 Å². The fourth-order valence-electron chi connectivity index (χ4n) is 2.71. The Morgan fingerprint density at radius 1 is 1.15 bits per heavy atom. The summed E-state index contributed by atoms with van der Waals surface area (Å²) in [5.41, 5.74) is 2.81. The Labute approximate surface area is 160 Å². The van der Waals surface area contributed by atoms with E-state index in [0.29, 0.717) is 38.4 Å². The van der Waals surface area contributed by atoms with Crippen LogP contribution < -0.4 is 10.1 Å². The Morgan fingerprint density at radius 3 is 2.63 bits per heavy atom. The molecule has 2 rings (SSSR count). The van der Waals surface area contributed by atoms with E-state index in [1.54, 1.807) is 0 Å². The maximum absolute atomic E-state index is 12.4. The Kier molecular flexibility index (Phi) is 9.21. The van der Waals surface area contributed by atoms with Crippen LogP contribution in [0.3, 0.4) is 0 Å². The molecule has 8 nitrogen and oxygen atoms in total. The number of hydrogen-bond acceptors (Lipinski definition) is 7. The van der Waals surface area contributed by atoms with E-state index >= 15 is 0 Å². The number of aromatic nitrogens is 3. The van der Waals surface area contributed by atoms with E-state index < -0.39 is 7.60 Å². The molecule has 0 aliphatic rings. The highest BCUT2D eigenvalue weighted by Gasteiger charge is 2.22. The third kappa shape index (κ3) is 6.57. The fourth-order valence-corrected chi connectivity index (χ4v) is 4.26. The molecule has 0 saturated heterocycles. The lowest BCUT2D eigenvalue weighted by molar-refractivity contribution is 0.220. The summed E-state index contributed by atoms with van der Waals surface area (Å²) in [6, 6.07) is 0. The SMILES string of the molecule is CCCCOc1ncnc2c(CCNCCP(=O)(OCC)OCC)c[nH]c12. The van der Waals surface area contributed by atoms with Crippen LogP contribution in [0.4, 0.5) is 0 Å². The Bertz CT molecular complexity index is 727. The van der Waals surface area contributed by atoms with E-state index in [1.165, 1.54) is 6.33 Å². The van der Waals surface area contributed by atoms with Crippen LogP contribution in [0.1, 0.15) is 39.2 Å². The minimum atomic E-state index is -2.98. The molecule has 0 unspecified atom stereocenters. The topological polar surface area (TPSA) is 98.4 Å². The number of nitrogens with one attached hydrogen (secondary N) is 2. The maximum Gasteiger partial charge on any atom is 0.331 e. The summed E-state index contributed by atoms with van der Waals surface area (Å²) in [5.74, 6) is 0.599. The first-order valence-electron chi connectivity index (χ1n) is 9.66. The summed E-state index contributed by atoms with van der Waals surface area (Å²) in [6.45, 7) is 8.49. The summed E-state index contributed by atoms with van der Waals surface area (Å²) >= 11 is 0. The lowest BCUT2D eigenvalue weighted by Crippen LogP contribution is -2.22. The molecule has 9 heteroatoms. The summed E-state index contributed by atoms with van der Waals surface area (Å²) in [6.07, 6.45) is 6.71. The number of ether oxygens (including phenoxy) is 1. The molecule has 2 aromatic heterocycles. The van der Waals surface area contributed by atoms with Crippen molar-refractivity contribution < 1.29 is 18.3 Å². The second kappa shape index (κ2) is 11.4. The van der Waals surface area contributed by atoms with Gasteiger partial charge in [0.1, 0.15) is 11.8 Å². The first kappa shape index (κ1) is 21.8. The zero-order valence-electron chi connectivity index (χ0n) is 16.5. The number of H-pyrrole nitrogens is 1. The molecule has 0 atom stereocenters. The van der Waals surface area contributed by atoms with Gasteiger partial charge in [-0.2, -0.15) is 4.98 Å². The van der Waals surface area contributed by atoms with Crippen molar-refractivity contribution in [1.29, 1.82) is 0 Å². The fraction of sp³-hybridized carbons (Fsp3) is 0.667. The zero-order valence-corrected chi connectivity index (χ0v) is 17.4. The van der Waals surface area contributed by atoms with Crippen molar-refractivity contribution in [3.05, 3.63) is 18.1 Å². The van der Waals surface area contributed by atoms with Crippen LogP contribution in [0.2, 0.25) is 0 Å². The average Bonchev–Trinajstić information content (AvgIpc) is 3.06. The third-order valence-electron chi connectivity index (χ3n) is 4.03. The number of aromatic amines is 1. The molecule has 0 amide bonds. The van der Waals surface area contributed by atoms with Gasteiger partial charge in [0.05, 0.1) is 31.5 Å². The molecule has 27 heavy (non-hydrogen) atoms. The molecule has 0 bridgehead atoms. The normalized spacial score (nSPS) is 12.0. The van der Waals surface area contributed by atoms with Crippen molar-refractivity contribution in [1.82, 2.24) is 20.3 Å². The van der Waals surface area contributed by atoms with Crippen molar-refractivity contribution in [3.8, 4) is 5.88 Å². The van der Waals surface area contributed by atoms with Gasteiger partial charge in [-0.3, -0.25) is 4.57 Å². The van der Waals surface area contributed by atoms with Crippen LogP contribution in [-0.4, -0.2) is 54.0 Å². The highest BCUT2D eigenvalue weighted by molar-refractivity contribution is 7.53. The van der Waals surface area contributed by atoms with Gasteiger partial charge in [-0.1, -0.05) is 13.3 Å². The molecule has 0 aliphatic carbocycles. The van der Waals surface area contributed by atoms with Gasteiger partial charge in [0.25, 0.3) is 0 Å². The predicted octanol–water partition coefficient (Wildman–Crippen LogP) is 3.54. The average molecular weight is 398 g/mol. The molecule has 0 aliphatic heterocycles. The van der Waals surface area contributed by atoms with E-state index in [9.17, 15) is 4.57 Å². The summed E-state index contributed by atoms with van der Waals surface area (Å²) in [5, 5.41) is 3.30. The van der Waals surface area contributed by atoms with Gasteiger partial charge < -0.3 is 24.1 Å². The molecule has 0 radical (unpaired) electrons. The number of unbranched alkanes of at least 4 members (excludes halogenated alkanes) is 1. The summed E-state index contributed by atoms with van der Waals surface area (Å²) in [4.78, 5) is 11.8. The zero-order chi connectivity index (χ0) is 19.5. The molecule has 2 N–H and O–H groups in total. The van der Waals surface area contributed by atoms with Gasteiger partial charge in [0.2, 0.25) is 5.88 Å². The number of fused-ring (bicyclic) bond motifs is 1. The molecule has 152 valence electrons. The third-order valence-corrected chi connectivity index (χ3v) is 6.10. The van der Waals surface area contributed by atoms with Gasteiger partial charge in [0.15, 0.2) is 0 Å². The van der Waals surface area contributed by atoms with E-state index in [0.717, 1.165) is 42.4 Å². The molecular weight excluding hydrogens is 367 g/mol. The second-order valence-electron chi connectivity index (χ2n) is 6.09. The molecule has 2 heterocycles. The smallest absolute Gasteiger partial charge is 0.331 e.